The Hall–Kier alpha value is -2.70. The van der Waals surface area contributed by atoms with Crippen LogP contribution in [0.1, 0.15) is 46.8 Å². The van der Waals surface area contributed by atoms with E-state index in [1.165, 1.54) is 8.01 Å². The lowest BCUT2D eigenvalue weighted by Crippen LogP contribution is -2.47. The van der Waals surface area contributed by atoms with E-state index in [4.69, 9.17) is 7.80 Å². The molecule has 0 radical (unpaired) electrons. The maximum absolute atomic E-state index is 13.4. The first kappa shape index (κ1) is 25.9. The van der Waals surface area contributed by atoms with Crippen LogP contribution in [-0.2, 0) is 14.3 Å². The Morgan fingerprint density at radius 2 is 2.08 bits per heavy atom. The SMILES string of the molecule is CN1C(=O)[C@@H](N(I)C(=O)c2n[nH]c(Cc3ccccc3)n2)COc2ccc(C#CC3(OI)CCC3)cc21. The van der Waals surface area contributed by atoms with E-state index in [1.54, 1.807) is 13.1 Å². The Balaban J connectivity index is 1.31. The molecule has 0 saturated heterocycles. The molecule has 1 aliphatic carbocycles. The van der Waals surface area contributed by atoms with Crippen molar-refractivity contribution < 1.29 is 17.4 Å². The third-order valence-corrected chi connectivity index (χ3v) is 8.43. The molecule has 190 valence electrons. The van der Waals surface area contributed by atoms with E-state index in [1.807, 2.05) is 88.3 Å². The molecule has 9 nitrogen and oxygen atoms in total. The third-order valence-electron chi connectivity index (χ3n) is 6.48. The van der Waals surface area contributed by atoms with Crippen molar-refractivity contribution >= 4 is 63.4 Å². The van der Waals surface area contributed by atoms with Crippen molar-refractivity contribution in [2.75, 3.05) is 18.6 Å². The van der Waals surface area contributed by atoms with Crippen molar-refractivity contribution in [3.63, 3.8) is 0 Å². The summed E-state index contributed by atoms with van der Waals surface area (Å²) in [5, 5.41) is 6.90. The number of halogens is 2. The number of rotatable bonds is 5. The van der Waals surface area contributed by atoms with Crippen LogP contribution in [0.2, 0.25) is 0 Å². The van der Waals surface area contributed by atoms with Crippen LogP contribution in [0.4, 0.5) is 5.69 Å². The molecule has 1 aliphatic heterocycles. The summed E-state index contributed by atoms with van der Waals surface area (Å²) in [6.07, 6.45) is 3.44. The average Bonchev–Trinajstić information content (AvgIpc) is 3.32. The maximum Gasteiger partial charge on any atom is 0.303 e. The minimum Gasteiger partial charge on any atom is -0.489 e. The number of aromatic amines is 1. The standard InChI is InChI=1S/C26H23I2N5O4/c1-32-19-14-18(10-13-26(37-28)11-5-12-26)8-9-21(19)36-16-20(24(32)34)33(27)25(35)23-29-22(30-31-23)15-17-6-3-2-4-7-17/h2-4,6-9,14,20H,5,11-12,15-16H2,1H3,(H,29,30,31)/t20-/m0/s1. The molecule has 11 heteroatoms. The maximum atomic E-state index is 13.4. The van der Waals surface area contributed by atoms with Gasteiger partial charge in [0, 0.05) is 19.0 Å². The second kappa shape index (κ2) is 11.0. The predicted octanol–water partition coefficient (Wildman–Crippen LogP) is 4.25. The molecule has 1 aromatic heterocycles. The van der Waals surface area contributed by atoms with Crippen LogP contribution in [0.3, 0.4) is 0 Å². The van der Waals surface area contributed by atoms with E-state index in [9.17, 15) is 9.59 Å². The topological polar surface area (TPSA) is 101 Å². The molecule has 1 saturated carbocycles. The fourth-order valence-corrected chi connectivity index (χ4v) is 5.29. The minimum atomic E-state index is -0.859. The summed E-state index contributed by atoms with van der Waals surface area (Å²) < 4.78 is 12.8. The Morgan fingerprint density at radius 1 is 1.30 bits per heavy atom. The van der Waals surface area contributed by atoms with Crippen molar-refractivity contribution in [3.8, 4) is 17.6 Å². The third kappa shape index (κ3) is 5.46. The highest BCUT2D eigenvalue weighted by molar-refractivity contribution is 14.1. The minimum absolute atomic E-state index is 0.00230. The quantitative estimate of drug-likeness (QED) is 0.240. The van der Waals surface area contributed by atoms with Crippen molar-refractivity contribution in [3.05, 3.63) is 71.3 Å². The number of nitrogens with zero attached hydrogens (tertiary/aromatic N) is 4. The second-order valence-corrected chi connectivity index (χ2v) is 10.4. The van der Waals surface area contributed by atoms with Crippen LogP contribution < -0.4 is 9.64 Å². The van der Waals surface area contributed by atoms with E-state index >= 15 is 0 Å². The van der Waals surface area contributed by atoms with Gasteiger partial charge in [-0.25, -0.2) is 4.98 Å². The summed E-state index contributed by atoms with van der Waals surface area (Å²) in [4.78, 5) is 32.4. The number of carbonyl (C=O) groups excluding carboxylic acids is 2. The lowest BCUT2D eigenvalue weighted by atomic mass is 9.81. The number of nitrogens with one attached hydrogen (secondary N) is 1. The largest absolute Gasteiger partial charge is 0.489 e. The molecule has 2 heterocycles. The van der Waals surface area contributed by atoms with Crippen LogP contribution in [-0.4, -0.2) is 55.4 Å². The van der Waals surface area contributed by atoms with Crippen molar-refractivity contribution in [1.29, 1.82) is 0 Å². The normalized spacial score (nSPS) is 18.0. The lowest BCUT2D eigenvalue weighted by Gasteiger charge is -2.33. The number of anilines is 1. The molecule has 1 N–H and O–H groups in total. The number of aromatic nitrogens is 3. The summed E-state index contributed by atoms with van der Waals surface area (Å²) in [5.41, 5.74) is 2.01. The van der Waals surface area contributed by atoms with Crippen molar-refractivity contribution in [2.24, 2.45) is 0 Å². The summed E-state index contributed by atoms with van der Waals surface area (Å²) >= 11 is 3.74. The number of hydrogen-bond donors (Lipinski definition) is 1. The number of carbonyl (C=O) groups is 2. The zero-order valence-corrected chi connectivity index (χ0v) is 24.2. The molecule has 0 unspecified atom stereocenters. The number of fused-ring (bicyclic) bond motifs is 1. The van der Waals surface area contributed by atoms with E-state index < -0.39 is 11.9 Å². The molecular weight excluding hydrogens is 700 g/mol. The van der Waals surface area contributed by atoms with Crippen molar-refractivity contribution in [1.82, 2.24) is 18.3 Å². The van der Waals surface area contributed by atoms with Gasteiger partial charge in [-0.1, -0.05) is 42.2 Å². The molecule has 1 atom stereocenters. The number of benzene rings is 2. The molecule has 3 aromatic rings. The molecule has 5 rings (SSSR count). The summed E-state index contributed by atoms with van der Waals surface area (Å²) in [6, 6.07) is 14.4. The number of amides is 2. The van der Waals surface area contributed by atoms with Gasteiger partial charge in [0.1, 0.15) is 46.8 Å². The van der Waals surface area contributed by atoms with Crippen LogP contribution in [0, 0.1) is 11.8 Å². The van der Waals surface area contributed by atoms with Gasteiger partial charge in [0.15, 0.2) is 6.04 Å². The highest BCUT2D eigenvalue weighted by Gasteiger charge is 2.38. The fraction of sp³-hybridized carbons (Fsp3) is 0.308. The van der Waals surface area contributed by atoms with Gasteiger partial charge in [-0.3, -0.25) is 20.9 Å². The van der Waals surface area contributed by atoms with Gasteiger partial charge in [-0.05, 0) is 43.0 Å². The van der Waals surface area contributed by atoms with Gasteiger partial charge in [0.25, 0.3) is 5.91 Å². The van der Waals surface area contributed by atoms with Crippen LogP contribution in [0.15, 0.2) is 48.5 Å². The van der Waals surface area contributed by atoms with Crippen LogP contribution in [0.5, 0.6) is 5.75 Å². The van der Waals surface area contributed by atoms with Crippen LogP contribution in [0.25, 0.3) is 0 Å². The summed E-state index contributed by atoms with van der Waals surface area (Å²) in [6.45, 7) is 0.00294. The zero-order chi connectivity index (χ0) is 26.0. The number of likely N-dealkylation sites (N-methyl/N-ethyl adjacent to an activating group) is 1. The molecule has 1 fully saturated rings. The molecule has 0 bridgehead atoms. The zero-order valence-electron chi connectivity index (χ0n) is 19.9. The van der Waals surface area contributed by atoms with E-state index in [0.717, 1.165) is 30.4 Å². The highest BCUT2D eigenvalue weighted by Crippen LogP contribution is 2.37. The smallest absolute Gasteiger partial charge is 0.303 e. The molecule has 0 spiro atoms. The average molecular weight is 723 g/mol. The number of H-pyrrole nitrogens is 1. The Labute approximate surface area is 242 Å². The number of ether oxygens (including phenoxy) is 1. The molecule has 2 aromatic carbocycles. The van der Waals surface area contributed by atoms with Gasteiger partial charge in [0.2, 0.25) is 5.82 Å². The summed E-state index contributed by atoms with van der Waals surface area (Å²) in [5.74, 6) is 6.76. The van der Waals surface area contributed by atoms with Gasteiger partial charge in [0.05, 0.1) is 28.6 Å². The van der Waals surface area contributed by atoms with Crippen molar-refractivity contribution in [2.45, 2.75) is 37.3 Å². The molecule has 37 heavy (non-hydrogen) atoms. The first-order chi connectivity index (χ1) is 17.9. The first-order valence-corrected chi connectivity index (χ1v) is 13.6. The Morgan fingerprint density at radius 3 is 2.78 bits per heavy atom. The Kier molecular flexibility index (Phi) is 7.68. The second-order valence-electron chi connectivity index (χ2n) is 8.97. The van der Waals surface area contributed by atoms with Crippen LogP contribution >= 0.6 is 45.9 Å². The Bertz CT molecular complexity index is 1370. The number of hydrogen-bond acceptors (Lipinski definition) is 6. The summed E-state index contributed by atoms with van der Waals surface area (Å²) in [7, 11) is 1.67. The van der Waals surface area contributed by atoms with Gasteiger partial charge < -0.3 is 9.64 Å². The van der Waals surface area contributed by atoms with E-state index in [2.05, 4.69) is 27.0 Å². The molecule has 2 amide bonds. The van der Waals surface area contributed by atoms with Gasteiger partial charge in [-0.15, -0.1) is 5.10 Å². The molecular formula is C26H23I2N5O4. The fourth-order valence-electron chi connectivity index (χ4n) is 4.13. The first-order valence-electron chi connectivity index (χ1n) is 11.7. The van der Waals surface area contributed by atoms with E-state index in [-0.39, 0.29) is 23.9 Å². The highest BCUT2D eigenvalue weighted by atomic mass is 127. The van der Waals surface area contributed by atoms with Gasteiger partial charge >= 0.3 is 5.91 Å². The van der Waals surface area contributed by atoms with Gasteiger partial charge in [-0.2, -0.15) is 0 Å². The monoisotopic (exact) mass is 723 g/mol. The van der Waals surface area contributed by atoms with E-state index in [0.29, 0.717) is 23.7 Å². The molecule has 2 aliphatic rings. The lowest BCUT2D eigenvalue weighted by molar-refractivity contribution is -0.121. The predicted molar refractivity (Wildman–Crippen MR) is 154 cm³/mol.